The minimum absolute atomic E-state index is 0.0156. The fourth-order valence-electron chi connectivity index (χ4n) is 1.39. The van der Waals surface area contributed by atoms with Gasteiger partial charge in [0.2, 0.25) is 0 Å². The lowest BCUT2D eigenvalue weighted by Crippen LogP contribution is -2.05. The lowest BCUT2D eigenvalue weighted by Gasteiger charge is -2.03. The molecule has 0 fully saturated rings. The molecule has 6 heteroatoms. The molecule has 0 bridgehead atoms. The van der Waals surface area contributed by atoms with Crippen molar-refractivity contribution in [3.05, 3.63) is 23.9 Å². The van der Waals surface area contributed by atoms with Gasteiger partial charge in [0.25, 0.3) is 0 Å². The number of benzene rings is 1. The summed E-state index contributed by atoms with van der Waals surface area (Å²) in [5.74, 6) is 0.319. The number of hydrogen-bond donors (Lipinski definition) is 1. The van der Waals surface area contributed by atoms with Crippen LogP contribution in [0.2, 0.25) is 0 Å². The van der Waals surface area contributed by atoms with Crippen molar-refractivity contribution in [2.75, 3.05) is 7.11 Å². The molecular formula is C9H7F3N2O. The Kier molecular flexibility index (Phi) is 2.06. The van der Waals surface area contributed by atoms with Crippen molar-refractivity contribution in [1.82, 2.24) is 10.2 Å². The van der Waals surface area contributed by atoms with Crippen molar-refractivity contribution in [3.63, 3.8) is 0 Å². The largest absolute Gasteiger partial charge is 0.494 e. The summed E-state index contributed by atoms with van der Waals surface area (Å²) in [5, 5.41) is 5.57. The van der Waals surface area contributed by atoms with E-state index in [9.17, 15) is 13.2 Å². The Bertz CT molecular complexity index is 490. The van der Waals surface area contributed by atoms with Crippen LogP contribution in [0, 0.1) is 0 Å². The number of fused-ring (bicyclic) bond motifs is 1. The lowest BCUT2D eigenvalue weighted by atomic mass is 10.2. The zero-order valence-corrected chi connectivity index (χ0v) is 7.72. The van der Waals surface area contributed by atoms with Gasteiger partial charge in [0.1, 0.15) is 17.0 Å². The molecule has 2 rings (SSSR count). The van der Waals surface area contributed by atoms with E-state index in [4.69, 9.17) is 4.74 Å². The van der Waals surface area contributed by atoms with Gasteiger partial charge in [-0.05, 0) is 6.07 Å². The number of para-hydroxylation sites is 1. The Morgan fingerprint density at radius 1 is 1.33 bits per heavy atom. The van der Waals surface area contributed by atoms with Gasteiger partial charge in [-0.1, -0.05) is 12.1 Å². The quantitative estimate of drug-likeness (QED) is 0.795. The van der Waals surface area contributed by atoms with E-state index in [1.807, 2.05) is 5.10 Å². The number of aromatic nitrogens is 2. The minimum Gasteiger partial charge on any atom is -0.494 e. The number of nitrogens with one attached hydrogen (secondary N) is 1. The van der Waals surface area contributed by atoms with Crippen molar-refractivity contribution < 1.29 is 17.9 Å². The van der Waals surface area contributed by atoms with Gasteiger partial charge < -0.3 is 4.74 Å². The first-order valence-electron chi connectivity index (χ1n) is 4.12. The van der Waals surface area contributed by atoms with E-state index in [-0.39, 0.29) is 10.9 Å². The predicted octanol–water partition coefficient (Wildman–Crippen LogP) is 2.59. The average Bonchev–Trinajstić information content (AvgIpc) is 2.59. The number of alkyl halides is 3. The molecule has 15 heavy (non-hydrogen) atoms. The molecule has 0 aliphatic rings. The first-order chi connectivity index (χ1) is 7.04. The van der Waals surface area contributed by atoms with Crippen molar-refractivity contribution >= 4 is 10.9 Å². The third-order valence-corrected chi connectivity index (χ3v) is 2.05. The highest BCUT2D eigenvalue weighted by Crippen LogP contribution is 2.35. The van der Waals surface area contributed by atoms with E-state index in [0.717, 1.165) is 0 Å². The number of hydrogen-bond acceptors (Lipinski definition) is 2. The highest BCUT2D eigenvalue weighted by Gasteiger charge is 2.35. The van der Waals surface area contributed by atoms with Gasteiger partial charge in [0, 0.05) is 5.39 Å². The number of nitrogens with zero attached hydrogens (tertiary/aromatic N) is 1. The Morgan fingerprint density at radius 3 is 2.67 bits per heavy atom. The van der Waals surface area contributed by atoms with Gasteiger partial charge in [0.05, 0.1) is 7.11 Å². The zero-order chi connectivity index (χ0) is 11.1. The van der Waals surface area contributed by atoms with Crippen LogP contribution in [0.1, 0.15) is 5.69 Å². The smallest absolute Gasteiger partial charge is 0.433 e. The fraction of sp³-hybridized carbons (Fsp3) is 0.222. The molecule has 0 radical (unpaired) electrons. The molecule has 0 amide bonds. The van der Waals surface area contributed by atoms with Gasteiger partial charge in [0.15, 0.2) is 0 Å². The zero-order valence-electron chi connectivity index (χ0n) is 7.72. The topological polar surface area (TPSA) is 37.9 Å². The van der Waals surface area contributed by atoms with Crippen LogP contribution < -0.4 is 4.74 Å². The number of H-pyrrole nitrogens is 1. The third kappa shape index (κ3) is 1.51. The Labute approximate surface area is 82.9 Å². The summed E-state index contributed by atoms with van der Waals surface area (Å²) >= 11 is 0. The SMILES string of the molecule is COc1cccc2c(C(F)(F)F)[nH]nc12. The van der Waals surface area contributed by atoms with Crippen LogP contribution in [0.3, 0.4) is 0 Å². The molecule has 0 aliphatic heterocycles. The van der Waals surface area contributed by atoms with E-state index in [1.54, 1.807) is 6.07 Å². The van der Waals surface area contributed by atoms with Crippen LogP contribution >= 0.6 is 0 Å². The van der Waals surface area contributed by atoms with Crippen LogP contribution in [-0.4, -0.2) is 17.3 Å². The second-order valence-electron chi connectivity index (χ2n) is 2.95. The van der Waals surface area contributed by atoms with E-state index < -0.39 is 11.9 Å². The van der Waals surface area contributed by atoms with Gasteiger partial charge in [-0.25, -0.2) is 0 Å². The first-order valence-corrected chi connectivity index (χ1v) is 4.12. The molecule has 2 aromatic rings. The summed E-state index contributed by atoms with van der Waals surface area (Å²) in [6.45, 7) is 0. The lowest BCUT2D eigenvalue weighted by molar-refractivity contribution is -0.139. The van der Waals surface area contributed by atoms with Gasteiger partial charge in [-0.15, -0.1) is 0 Å². The molecule has 0 saturated carbocycles. The highest BCUT2D eigenvalue weighted by molar-refractivity contribution is 5.87. The fourth-order valence-corrected chi connectivity index (χ4v) is 1.39. The van der Waals surface area contributed by atoms with Crippen molar-refractivity contribution in [3.8, 4) is 5.75 Å². The van der Waals surface area contributed by atoms with Crippen LogP contribution in [0.25, 0.3) is 10.9 Å². The summed E-state index contributed by atoms with van der Waals surface area (Å²) in [4.78, 5) is 0. The second-order valence-corrected chi connectivity index (χ2v) is 2.95. The molecule has 0 atom stereocenters. The summed E-state index contributed by atoms with van der Waals surface area (Å²) in [7, 11) is 1.39. The van der Waals surface area contributed by atoms with Gasteiger partial charge >= 0.3 is 6.18 Å². The maximum absolute atomic E-state index is 12.5. The average molecular weight is 216 g/mol. The monoisotopic (exact) mass is 216 g/mol. The Morgan fingerprint density at radius 2 is 2.07 bits per heavy atom. The van der Waals surface area contributed by atoms with Crippen LogP contribution in [0.4, 0.5) is 13.2 Å². The van der Waals surface area contributed by atoms with Crippen LogP contribution in [-0.2, 0) is 6.18 Å². The minimum atomic E-state index is -4.43. The van der Waals surface area contributed by atoms with E-state index in [2.05, 4.69) is 5.10 Å². The molecule has 0 saturated heterocycles. The van der Waals surface area contributed by atoms with Crippen molar-refractivity contribution in [2.45, 2.75) is 6.18 Å². The molecule has 1 N–H and O–H groups in total. The van der Waals surface area contributed by atoms with E-state index >= 15 is 0 Å². The molecule has 1 aromatic carbocycles. The second kappa shape index (κ2) is 3.15. The van der Waals surface area contributed by atoms with Gasteiger partial charge in [-0.2, -0.15) is 18.3 Å². The van der Waals surface area contributed by atoms with Gasteiger partial charge in [-0.3, -0.25) is 5.10 Å². The van der Waals surface area contributed by atoms with E-state index in [0.29, 0.717) is 5.75 Å². The molecule has 0 unspecified atom stereocenters. The number of rotatable bonds is 1. The molecule has 0 spiro atoms. The maximum Gasteiger partial charge on any atom is 0.433 e. The molecular weight excluding hydrogens is 209 g/mol. The van der Waals surface area contributed by atoms with Crippen LogP contribution in [0.5, 0.6) is 5.75 Å². The normalized spacial score (nSPS) is 12.0. The maximum atomic E-state index is 12.5. The standard InChI is InChI=1S/C9H7F3N2O/c1-15-6-4-2-3-5-7(6)13-14-8(5)9(10,11)12/h2-4H,1H3,(H,13,14). The number of methoxy groups -OCH3 is 1. The number of halogens is 3. The molecule has 1 aromatic heterocycles. The summed E-state index contributed by atoms with van der Waals surface area (Å²) < 4.78 is 42.3. The Hall–Kier alpha value is -1.72. The molecule has 0 aliphatic carbocycles. The third-order valence-electron chi connectivity index (χ3n) is 2.05. The molecule has 3 nitrogen and oxygen atoms in total. The van der Waals surface area contributed by atoms with Crippen molar-refractivity contribution in [1.29, 1.82) is 0 Å². The Balaban J connectivity index is 2.72. The summed E-state index contributed by atoms with van der Waals surface area (Å²) in [6.07, 6.45) is -4.43. The predicted molar refractivity (Wildman–Crippen MR) is 47.6 cm³/mol. The van der Waals surface area contributed by atoms with Crippen molar-refractivity contribution in [2.24, 2.45) is 0 Å². The van der Waals surface area contributed by atoms with Crippen LogP contribution in [0.15, 0.2) is 18.2 Å². The molecule has 1 heterocycles. The number of aromatic amines is 1. The summed E-state index contributed by atoms with van der Waals surface area (Å²) in [6, 6.07) is 4.40. The number of ether oxygens (including phenoxy) is 1. The first kappa shape index (κ1) is 9.82. The summed E-state index contributed by atoms with van der Waals surface area (Å²) in [5.41, 5.74) is -0.663. The molecule has 80 valence electrons. The van der Waals surface area contributed by atoms with E-state index in [1.165, 1.54) is 19.2 Å². The highest BCUT2D eigenvalue weighted by atomic mass is 19.4.